The maximum absolute atomic E-state index is 5.77. The highest BCUT2D eigenvalue weighted by Crippen LogP contribution is 2.30. The predicted molar refractivity (Wildman–Crippen MR) is 83.6 cm³/mol. The van der Waals surface area contributed by atoms with Crippen LogP contribution >= 0.6 is 15.9 Å². The van der Waals surface area contributed by atoms with Crippen LogP contribution in [0.15, 0.2) is 22.7 Å². The van der Waals surface area contributed by atoms with Gasteiger partial charge in [0.2, 0.25) is 0 Å². The van der Waals surface area contributed by atoms with Gasteiger partial charge in [-0.15, -0.1) is 0 Å². The molecule has 0 aromatic heterocycles. The maximum atomic E-state index is 5.77. The van der Waals surface area contributed by atoms with Gasteiger partial charge >= 0.3 is 0 Å². The van der Waals surface area contributed by atoms with Gasteiger partial charge in [0.15, 0.2) is 0 Å². The Balaban J connectivity index is 2.08. The van der Waals surface area contributed by atoms with Crippen molar-refractivity contribution in [1.82, 2.24) is 5.43 Å². The molecule has 1 saturated heterocycles. The number of nitrogens with one attached hydrogen (secondary N) is 1. The quantitative estimate of drug-likeness (QED) is 0.616. The maximum Gasteiger partial charge on any atom is 0.133 e. The monoisotopic (exact) mass is 342 g/mol. The Kier molecular flexibility index (Phi) is 5.84. The summed E-state index contributed by atoms with van der Waals surface area (Å²) in [6.45, 7) is 3.01. The molecule has 1 aliphatic rings. The summed E-state index contributed by atoms with van der Waals surface area (Å²) in [5, 5.41) is 0. The Hall–Kier alpha value is -0.620. The van der Waals surface area contributed by atoms with Crippen LogP contribution in [0.4, 0.5) is 0 Å². The van der Waals surface area contributed by atoms with E-state index in [-0.39, 0.29) is 6.04 Å². The second-order valence-corrected chi connectivity index (χ2v) is 6.07. The van der Waals surface area contributed by atoms with Crippen molar-refractivity contribution in [3.05, 3.63) is 28.2 Å². The fourth-order valence-corrected chi connectivity index (χ4v) is 3.56. The molecule has 1 fully saturated rings. The SMILES string of the molecule is CCC1OCCC1C(Cc1ccc(OC)c(Br)c1)NN. The van der Waals surface area contributed by atoms with Crippen LogP contribution in [0.5, 0.6) is 5.75 Å². The second kappa shape index (κ2) is 7.41. The zero-order chi connectivity index (χ0) is 14.5. The van der Waals surface area contributed by atoms with Crippen LogP contribution in [-0.2, 0) is 11.2 Å². The van der Waals surface area contributed by atoms with E-state index in [1.807, 2.05) is 6.07 Å². The summed E-state index contributed by atoms with van der Waals surface area (Å²) in [6.07, 6.45) is 3.32. The number of hydrogen-bond acceptors (Lipinski definition) is 4. The second-order valence-electron chi connectivity index (χ2n) is 5.22. The van der Waals surface area contributed by atoms with Crippen molar-refractivity contribution in [3.63, 3.8) is 0 Å². The molecule has 0 aliphatic carbocycles. The molecule has 20 heavy (non-hydrogen) atoms. The first-order valence-electron chi connectivity index (χ1n) is 7.09. The topological polar surface area (TPSA) is 56.5 Å². The minimum atomic E-state index is 0.239. The van der Waals surface area contributed by atoms with Gasteiger partial charge in [-0.05, 0) is 52.9 Å². The highest BCUT2D eigenvalue weighted by atomic mass is 79.9. The standard InChI is InChI=1S/C15H23BrN2O2/c1-3-14-11(6-7-20-14)13(18-17)9-10-4-5-15(19-2)12(16)8-10/h4-5,8,11,13-14,18H,3,6-7,9,17H2,1-2H3. The van der Waals surface area contributed by atoms with Gasteiger partial charge in [-0.3, -0.25) is 11.3 Å². The van der Waals surface area contributed by atoms with Gasteiger partial charge in [-0.1, -0.05) is 13.0 Å². The summed E-state index contributed by atoms with van der Waals surface area (Å²) in [6, 6.07) is 6.41. The van der Waals surface area contributed by atoms with Crippen molar-refractivity contribution in [2.75, 3.05) is 13.7 Å². The van der Waals surface area contributed by atoms with Crippen LogP contribution < -0.4 is 16.0 Å². The molecule has 0 bridgehead atoms. The molecular formula is C15H23BrN2O2. The Morgan fingerprint density at radius 2 is 2.35 bits per heavy atom. The van der Waals surface area contributed by atoms with Gasteiger partial charge in [0.1, 0.15) is 5.75 Å². The number of halogens is 1. The third-order valence-electron chi connectivity index (χ3n) is 4.07. The van der Waals surface area contributed by atoms with Gasteiger partial charge in [-0.25, -0.2) is 0 Å². The number of hydrogen-bond donors (Lipinski definition) is 2. The minimum absolute atomic E-state index is 0.239. The molecule has 3 N–H and O–H groups in total. The zero-order valence-electron chi connectivity index (χ0n) is 12.1. The smallest absolute Gasteiger partial charge is 0.133 e. The average molecular weight is 343 g/mol. The molecule has 0 radical (unpaired) electrons. The molecule has 0 amide bonds. The molecule has 4 nitrogen and oxygen atoms in total. The molecule has 0 spiro atoms. The number of nitrogens with two attached hydrogens (primary N) is 1. The summed E-state index contributed by atoms with van der Waals surface area (Å²) >= 11 is 3.53. The normalized spacial score (nSPS) is 23.8. The molecule has 112 valence electrons. The Morgan fingerprint density at radius 3 is 2.95 bits per heavy atom. The van der Waals surface area contributed by atoms with E-state index in [0.717, 1.165) is 36.1 Å². The molecule has 3 atom stereocenters. The lowest BCUT2D eigenvalue weighted by molar-refractivity contribution is 0.0774. The fraction of sp³-hybridized carbons (Fsp3) is 0.600. The molecule has 3 unspecified atom stereocenters. The zero-order valence-corrected chi connectivity index (χ0v) is 13.7. The first-order valence-corrected chi connectivity index (χ1v) is 7.89. The van der Waals surface area contributed by atoms with Crippen molar-refractivity contribution >= 4 is 15.9 Å². The van der Waals surface area contributed by atoms with Crippen molar-refractivity contribution in [1.29, 1.82) is 0 Å². The summed E-state index contributed by atoms with van der Waals surface area (Å²) < 4.78 is 12.0. The number of ether oxygens (including phenoxy) is 2. The first-order chi connectivity index (χ1) is 9.69. The third-order valence-corrected chi connectivity index (χ3v) is 4.69. The largest absolute Gasteiger partial charge is 0.496 e. The molecule has 0 saturated carbocycles. The first kappa shape index (κ1) is 15.8. The lowest BCUT2D eigenvalue weighted by atomic mass is 9.87. The lowest BCUT2D eigenvalue weighted by Gasteiger charge is -2.26. The van der Waals surface area contributed by atoms with Gasteiger partial charge in [0.05, 0.1) is 17.7 Å². The van der Waals surface area contributed by atoms with Gasteiger partial charge < -0.3 is 9.47 Å². The summed E-state index contributed by atoms with van der Waals surface area (Å²) in [5.41, 5.74) is 4.22. The van der Waals surface area contributed by atoms with Gasteiger partial charge in [-0.2, -0.15) is 0 Å². The van der Waals surface area contributed by atoms with E-state index in [2.05, 4.69) is 40.4 Å². The molecule has 5 heteroatoms. The summed E-state index contributed by atoms with van der Waals surface area (Å²) in [7, 11) is 1.67. The van der Waals surface area contributed by atoms with E-state index in [4.69, 9.17) is 15.3 Å². The van der Waals surface area contributed by atoms with Crippen molar-refractivity contribution in [3.8, 4) is 5.75 Å². The van der Waals surface area contributed by atoms with Crippen LogP contribution in [-0.4, -0.2) is 25.9 Å². The van der Waals surface area contributed by atoms with Gasteiger partial charge in [0, 0.05) is 18.6 Å². The van der Waals surface area contributed by atoms with E-state index >= 15 is 0 Å². The average Bonchev–Trinajstić information content (AvgIpc) is 2.93. The molecule has 1 aliphatic heterocycles. The summed E-state index contributed by atoms with van der Waals surface area (Å²) in [5.74, 6) is 7.10. The highest BCUT2D eigenvalue weighted by molar-refractivity contribution is 9.10. The summed E-state index contributed by atoms with van der Waals surface area (Å²) in [4.78, 5) is 0. The van der Waals surface area contributed by atoms with E-state index in [1.54, 1.807) is 7.11 Å². The highest BCUT2D eigenvalue weighted by Gasteiger charge is 2.33. The van der Waals surface area contributed by atoms with Gasteiger partial charge in [0.25, 0.3) is 0 Å². The Bertz CT molecular complexity index is 442. The molecule has 2 rings (SSSR count). The van der Waals surface area contributed by atoms with Crippen LogP contribution in [0.1, 0.15) is 25.3 Å². The van der Waals surface area contributed by atoms with E-state index < -0.39 is 0 Å². The van der Waals surface area contributed by atoms with E-state index in [1.165, 1.54) is 5.56 Å². The predicted octanol–water partition coefficient (Wildman–Crippen LogP) is 2.65. The number of benzene rings is 1. The van der Waals surface area contributed by atoms with Crippen molar-refractivity contribution < 1.29 is 9.47 Å². The van der Waals surface area contributed by atoms with Crippen LogP contribution in [0, 0.1) is 5.92 Å². The molecular weight excluding hydrogens is 320 g/mol. The number of rotatable bonds is 6. The number of hydrazine groups is 1. The molecule has 1 aromatic carbocycles. The molecule has 1 aromatic rings. The Labute approximate surface area is 129 Å². The lowest BCUT2D eigenvalue weighted by Crippen LogP contribution is -2.45. The van der Waals surface area contributed by atoms with Crippen molar-refractivity contribution in [2.24, 2.45) is 11.8 Å². The fourth-order valence-electron chi connectivity index (χ4n) is 2.97. The number of methoxy groups -OCH3 is 1. The Morgan fingerprint density at radius 1 is 1.55 bits per heavy atom. The third kappa shape index (κ3) is 3.52. The van der Waals surface area contributed by atoms with E-state index in [9.17, 15) is 0 Å². The minimum Gasteiger partial charge on any atom is -0.496 e. The van der Waals surface area contributed by atoms with Crippen LogP contribution in [0.3, 0.4) is 0 Å². The molecule has 1 heterocycles. The van der Waals surface area contributed by atoms with Crippen molar-refractivity contribution in [2.45, 2.75) is 38.3 Å². The van der Waals surface area contributed by atoms with E-state index in [0.29, 0.717) is 12.0 Å². The van der Waals surface area contributed by atoms with Crippen LogP contribution in [0.25, 0.3) is 0 Å². The van der Waals surface area contributed by atoms with Crippen LogP contribution in [0.2, 0.25) is 0 Å².